The molecule has 8 heteroatoms. The minimum absolute atomic E-state index is 0. The minimum Gasteiger partial charge on any atom is -0.466 e. The van der Waals surface area contributed by atoms with Gasteiger partial charge in [-0.2, -0.15) is 0 Å². The number of halogens is 1. The molecule has 7 nitrogen and oxygen atoms in total. The number of hydrogen-bond donors (Lipinski definition) is 1. The Hall–Kier alpha value is -1.32. The van der Waals surface area contributed by atoms with E-state index in [0.29, 0.717) is 19.7 Å². The number of ether oxygens (including phenoxy) is 1. The Labute approximate surface area is 166 Å². The topological polar surface area (TPSA) is 80.0 Å². The quantitative estimate of drug-likeness (QED) is 0.302. The maximum atomic E-state index is 12.0. The molecule has 0 bridgehead atoms. The third kappa shape index (κ3) is 6.48. The Morgan fingerprint density at radius 2 is 2.28 bits per heavy atom. The van der Waals surface area contributed by atoms with Crippen molar-refractivity contribution in [3.8, 4) is 0 Å². The smallest absolute Gasteiger partial charge is 0.310 e. The second-order valence-electron chi connectivity index (χ2n) is 5.85. The van der Waals surface area contributed by atoms with E-state index in [4.69, 9.17) is 9.26 Å². The van der Waals surface area contributed by atoms with Crippen molar-refractivity contribution < 1.29 is 14.1 Å². The summed E-state index contributed by atoms with van der Waals surface area (Å²) >= 11 is 0. The molecule has 1 unspecified atom stereocenters. The van der Waals surface area contributed by atoms with Gasteiger partial charge in [0.25, 0.3) is 0 Å². The lowest BCUT2D eigenvalue weighted by molar-refractivity contribution is -0.149. The Bertz CT molecular complexity index is 562. The molecule has 2 rings (SSSR count). The van der Waals surface area contributed by atoms with Crippen LogP contribution < -0.4 is 5.32 Å². The van der Waals surface area contributed by atoms with Crippen LogP contribution in [0.4, 0.5) is 0 Å². The van der Waals surface area contributed by atoms with Crippen molar-refractivity contribution in [3.05, 3.63) is 17.5 Å². The number of likely N-dealkylation sites (tertiary alicyclic amines) is 1. The molecule has 0 saturated carbocycles. The third-order valence-electron chi connectivity index (χ3n) is 4.03. The molecule has 0 radical (unpaired) electrons. The number of nitrogens with zero attached hydrogens (tertiary/aromatic N) is 3. The number of esters is 1. The maximum absolute atomic E-state index is 12.0. The van der Waals surface area contributed by atoms with Crippen molar-refractivity contribution >= 4 is 35.9 Å². The van der Waals surface area contributed by atoms with Crippen molar-refractivity contribution in [1.29, 1.82) is 0 Å². The maximum Gasteiger partial charge on any atom is 0.310 e. The summed E-state index contributed by atoms with van der Waals surface area (Å²) in [4.78, 5) is 18.8. The molecule has 0 amide bonds. The van der Waals surface area contributed by atoms with Crippen molar-refractivity contribution in [1.82, 2.24) is 15.4 Å². The first-order valence-electron chi connectivity index (χ1n) is 8.82. The van der Waals surface area contributed by atoms with Crippen LogP contribution in [0.25, 0.3) is 0 Å². The molecule has 0 spiro atoms. The predicted molar refractivity (Wildman–Crippen MR) is 107 cm³/mol. The summed E-state index contributed by atoms with van der Waals surface area (Å²) in [5.74, 6) is 1.36. The van der Waals surface area contributed by atoms with Crippen LogP contribution in [-0.2, 0) is 22.5 Å². The number of aliphatic imine (C=N–C) groups is 1. The number of piperidine rings is 1. The molecular weight excluding hydrogens is 435 g/mol. The number of nitrogens with one attached hydrogen (secondary N) is 1. The number of guanidine groups is 1. The van der Waals surface area contributed by atoms with Gasteiger partial charge in [-0.05, 0) is 33.1 Å². The normalized spacial score (nSPS) is 17.8. The summed E-state index contributed by atoms with van der Waals surface area (Å²) in [5, 5.41) is 7.28. The van der Waals surface area contributed by atoms with E-state index >= 15 is 0 Å². The molecule has 1 N–H and O–H groups in total. The first-order valence-corrected chi connectivity index (χ1v) is 8.82. The lowest BCUT2D eigenvalue weighted by atomic mass is 9.98. The van der Waals surface area contributed by atoms with Crippen LogP contribution in [0.5, 0.6) is 0 Å². The van der Waals surface area contributed by atoms with Gasteiger partial charge in [0.05, 0.1) is 18.2 Å². The third-order valence-corrected chi connectivity index (χ3v) is 4.03. The molecule has 142 valence electrons. The fourth-order valence-electron chi connectivity index (χ4n) is 2.80. The van der Waals surface area contributed by atoms with Gasteiger partial charge in [0, 0.05) is 25.7 Å². The van der Waals surface area contributed by atoms with E-state index in [1.807, 2.05) is 26.8 Å². The van der Waals surface area contributed by atoms with Crippen LogP contribution in [0.15, 0.2) is 15.6 Å². The van der Waals surface area contributed by atoms with Gasteiger partial charge in [-0.3, -0.25) is 4.79 Å². The van der Waals surface area contributed by atoms with E-state index in [-0.39, 0.29) is 35.9 Å². The van der Waals surface area contributed by atoms with Gasteiger partial charge < -0.3 is 19.5 Å². The lowest BCUT2D eigenvalue weighted by Gasteiger charge is -2.33. The van der Waals surface area contributed by atoms with E-state index in [0.717, 1.165) is 49.8 Å². The van der Waals surface area contributed by atoms with Gasteiger partial charge >= 0.3 is 5.97 Å². The first-order chi connectivity index (χ1) is 11.7. The van der Waals surface area contributed by atoms with Gasteiger partial charge in [0.2, 0.25) is 0 Å². The molecule has 1 fully saturated rings. The van der Waals surface area contributed by atoms with Crippen molar-refractivity contribution in [2.45, 2.75) is 46.6 Å². The number of aromatic nitrogens is 1. The number of hydrogen-bond acceptors (Lipinski definition) is 5. The van der Waals surface area contributed by atoms with Crippen molar-refractivity contribution in [2.75, 3.05) is 26.2 Å². The Morgan fingerprint density at radius 1 is 1.48 bits per heavy atom. The standard InChI is InChI=1S/C17H28N4O3.HI/c1-4-14-10-15(24-20-14)11-19-17(18-5-2)21-9-7-8-13(12-21)16(22)23-6-3;/h10,13H,4-9,11-12H2,1-3H3,(H,18,19);1H. The summed E-state index contributed by atoms with van der Waals surface area (Å²) in [6, 6.07) is 1.94. The van der Waals surface area contributed by atoms with Crippen LogP contribution in [0, 0.1) is 5.92 Å². The Morgan fingerprint density at radius 3 is 2.92 bits per heavy atom. The molecule has 1 aromatic rings. The number of rotatable bonds is 6. The zero-order valence-corrected chi connectivity index (χ0v) is 17.6. The molecule has 1 aliphatic heterocycles. The SMILES string of the molecule is CCNC(=NCc1cc(CC)no1)N1CCCC(C(=O)OCC)C1.I. The van der Waals surface area contributed by atoms with Gasteiger partial charge in [-0.15, -0.1) is 24.0 Å². The van der Waals surface area contributed by atoms with E-state index in [1.54, 1.807) is 0 Å². The van der Waals surface area contributed by atoms with Crippen molar-refractivity contribution in [3.63, 3.8) is 0 Å². The fourth-order valence-corrected chi connectivity index (χ4v) is 2.80. The van der Waals surface area contributed by atoms with Gasteiger partial charge in [-0.25, -0.2) is 4.99 Å². The van der Waals surface area contributed by atoms with Crippen molar-refractivity contribution in [2.24, 2.45) is 10.9 Å². The molecule has 1 aliphatic rings. The molecular formula is C17H29IN4O3. The summed E-state index contributed by atoms with van der Waals surface area (Å²) in [6.07, 6.45) is 2.67. The van der Waals surface area contributed by atoms with Crippen LogP contribution >= 0.6 is 24.0 Å². The molecule has 25 heavy (non-hydrogen) atoms. The van der Waals surface area contributed by atoms with E-state index in [2.05, 4.69) is 20.4 Å². The summed E-state index contributed by atoms with van der Waals surface area (Å²) in [6.45, 7) is 9.08. The minimum atomic E-state index is -0.110. The first kappa shape index (κ1) is 21.7. The van der Waals surface area contributed by atoms with Gasteiger partial charge in [-0.1, -0.05) is 12.1 Å². The van der Waals surface area contributed by atoms with Crippen LogP contribution in [0.3, 0.4) is 0 Å². The van der Waals surface area contributed by atoms with Crippen LogP contribution in [0.1, 0.15) is 45.1 Å². The van der Waals surface area contributed by atoms with Crippen LogP contribution in [0.2, 0.25) is 0 Å². The average Bonchev–Trinajstić information content (AvgIpc) is 3.07. The van der Waals surface area contributed by atoms with Gasteiger partial charge in [0.1, 0.15) is 6.54 Å². The van der Waals surface area contributed by atoms with E-state index < -0.39 is 0 Å². The monoisotopic (exact) mass is 464 g/mol. The summed E-state index contributed by atoms with van der Waals surface area (Å²) in [7, 11) is 0. The molecule has 1 aromatic heterocycles. The predicted octanol–water partition coefficient (Wildman–Crippen LogP) is 2.60. The molecule has 1 atom stereocenters. The highest BCUT2D eigenvalue weighted by molar-refractivity contribution is 14.0. The van der Waals surface area contributed by atoms with E-state index in [1.165, 1.54) is 0 Å². The van der Waals surface area contributed by atoms with Crippen LogP contribution in [-0.4, -0.2) is 48.2 Å². The second kappa shape index (κ2) is 11.3. The fraction of sp³-hybridized carbons (Fsp3) is 0.706. The highest BCUT2D eigenvalue weighted by atomic mass is 127. The number of aryl methyl sites for hydroxylation is 1. The zero-order valence-electron chi connectivity index (χ0n) is 15.3. The molecule has 2 heterocycles. The highest BCUT2D eigenvalue weighted by Gasteiger charge is 2.28. The second-order valence-corrected chi connectivity index (χ2v) is 5.85. The molecule has 0 aromatic carbocycles. The number of carbonyl (C=O) groups excluding carboxylic acids is 1. The lowest BCUT2D eigenvalue weighted by Crippen LogP contribution is -2.48. The van der Waals surface area contributed by atoms with Gasteiger partial charge in [0.15, 0.2) is 11.7 Å². The Balaban J connectivity index is 0.00000312. The summed E-state index contributed by atoms with van der Waals surface area (Å²) in [5.41, 5.74) is 0.936. The highest BCUT2D eigenvalue weighted by Crippen LogP contribution is 2.18. The van der Waals surface area contributed by atoms with E-state index in [9.17, 15) is 4.79 Å². The molecule has 0 aliphatic carbocycles. The largest absolute Gasteiger partial charge is 0.466 e. The summed E-state index contributed by atoms with van der Waals surface area (Å²) < 4.78 is 10.4. The zero-order chi connectivity index (χ0) is 17.4. The number of carbonyl (C=O) groups is 1. The Kier molecular flexibility index (Phi) is 9.84. The average molecular weight is 464 g/mol. The molecule has 1 saturated heterocycles.